The Hall–Kier alpha value is -2.25. The van der Waals surface area contributed by atoms with Gasteiger partial charge in [-0.1, -0.05) is 36.1 Å². The maximum atomic E-state index is 11.9. The van der Waals surface area contributed by atoms with Gasteiger partial charge in [-0.05, 0) is 81.3 Å². The lowest BCUT2D eigenvalue weighted by molar-refractivity contribution is -0.118. The highest BCUT2D eigenvalue weighted by atomic mass is 32.2. The first kappa shape index (κ1) is 22.0. The van der Waals surface area contributed by atoms with Gasteiger partial charge in [-0.15, -0.1) is 0 Å². The van der Waals surface area contributed by atoms with Gasteiger partial charge in [0, 0.05) is 5.56 Å². The molecule has 164 valence electrons. The summed E-state index contributed by atoms with van der Waals surface area (Å²) in [6.45, 7) is 8.37. The van der Waals surface area contributed by atoms with Crippen molar-refractivity contribution in [3.8, 4) is 17.2 Å². The van der Waals surface area contributed by atoms with Gasteiger partial charge in [-0.2, -0.15) is 0 Å². The number of carbonyl (C=O) groups excluding carboxylic acids is 1. The number of thioether (sulfide) groups is 1. The number of ether oxygens (including phenoxy) is 2. The molecular formula is C24H27NO4S2. The van der Waals surface area contributed by atoms with Crippen LogP contribution in [0.15, 0.2) is 24.3 Å². The van der Waals surface area contributed by atoms with Gasteiger partial charge >= 0.3 is 0 Å². The molecule has 4 rings (SSSR count). The first-order valence-corrected chi connectivity index (χ1v) is 11.7. The fourth-order valence-corrected chi connectivity index (χ4v) is 5.40. The Morgan fingerprint density at radius 2 is 1.94 bits per heavy atom. The Balaban J connectivity index is 1.41. The highest BCUT2D eigenvalue weighted by molar-refractivity contribution is 8.24. The average Bonchev–Trinajstić information content (AvgIpc) is 3.06. The number of aromatic hydroxyl groups is 1. The number of phenols is 1. The van der Waals surface area contributed by atoms with E-state index < -0.39 is 5.60 Å². The van der Waals surface area contributed by atoms with Crippen LogP contribution in [0.4, 0.5) is 0 Å². The van der Waals surface area contributed by atoms with Gasteiger partial charge in [0.1, 0.15) is 33.8 Å². The topological polar surface area (TPSA) is 67.8 Å². The Kier molecular flexibility index (Phi) is 5.92. The first-order valence-electron chi connectivity index (χ1n) is 10.4. The van der Waals surface area contributed by atoms with Gasteiger partial charge in [-0.25, -0.2) is 0 Å². The minimum absolute atomic E-state index is 0.0212. The molecule has 2 aromatic rings. The van der Waals surface area contributed by atoms with E-state index in [1.807, 2.05) is 45.0 Å². The molecule has 2 aliphatic rings. The van der Waals surface area contributed by atoms with Crippen molar-refractivity contribution < 1.29 is 19.4 Å². The lowest BCUT2D eigenvalue weighted by Crippen LogP contribution is -2.42. The highest BCUT2D eigenvalue weighted by Gasteiger charge is 2.35. The summed E-state index contributed by atoms with van der Waals surface area (Å²) < 4.78 is 13.0. The van der Waals surface area contributed by atoms with Crippen molar-refractivity contribution in [3.63, 3.8) is 0 Å². The van der Waals surface area contributed by atoms with E-state index in [2.05, 4.69) is 12.2 Å². The molecule has 7 heteroatoms. The second-order valence-corrected chi connectivity index (χ2v) is 10.5. The molecule has 0 saturated carbocycles. The fourth-order valence-electron chi connectivity index (χ4n) is 4.10. The molecule has 0 aromatic heterocycles. The molecule has 0 bridgehead atoms. The van der Waals surface area contributed by atoms with Crippen molar-refractivity contribution >= 4 is 34.2 Å². The molecule has 0 spiro atoms. The van der Waals surface area contributed by atoms with E-state index in [4.69, 9.17) is 21.7 Å². The van der Waals surface area contributed by atoms with Crippen LogP contribution in [0.3, 0.4) is 0 Å². The number of carbonyl (C=O) groups is 1. The van der Waals surface area contributed by atoms with Crippen molar-refractivity contribution in [2.24, 2.45) is 0 Å². The summed E-state index contributed by atoms with van der Waals surface area (Å²) in [7, 11) is 0. The number of benzene rings is 2. The lowest BCUT2D eigenvalue weighted by Gasteiger charge is -2.37. The lowest BCUT2D eigenvalue weighted by atomic mass is 9.87. The molecule has 5 nitrogen and oxygen atoms in total. The van der Waals surface area contributed by atoms with Gasteiger partial charge in [-0.3, -0.25) is 4.79 Å². The van der Waals surface area contributed by atoms with E-state index in [-0.39, 0.29) is 11.2 Å². The third-order valence-corrected chi connectivity index (χ3v) is 7.62. The minimum Gasteiger partial charge on any atom is -0.507 e. The number of nitrogens with one attached hydrogen (secondary N) is 1. The summed E-state index contributed by atoms with van der Waals surface area (Å²) >= 11 is 6.46. The molecule has 1 fully saturated rings. The molecule has 2 atom stereocenters. The van der Waals surface area contributed by atoms with Crippen LogP contribution in [-0.2, 0) is 17.6 Å². The number of rotatable bonds is 5. The molecule has 2 aliphatic heterocycles. The molecule has 1 saturated heterocycles. The summed E-state index contributed by atoms with van der Waals surface area (Å²) in [6, 6.07) is 7.85. The molecule has 2 unspecified atom stereocenters. The van der Waals surface area contributed by atoms with E-state index in [0.717, 1.165) is 52.2 Å². The third kappa shape index (κ3) is 4.39. The van der Waals surface area contributed by atoms with E-state index >= 15 is 0 Å². The minimum atomic E-state index is -0.444. The van der Waals surface area contributed by atoms with Crippen LogP contribution >= 0.6 is 24.0 Å². The SMILES string of the molecule is Cc1c(C)c2c(c(C)c1O)CCC(C)(COc1ccc(CC3SC(=S)NC3=O)cc1)O2. The Morgan fingerprint density at radius 1 is 1.23 bits per heavy atom. The Bertz CT molecular complexity index is 1050. The second kappa shape index (κ2) is 8.36. The maximum Gasteiger partial charge on any atom is 0.239 e. The normalized spacial score (nSPS) is 22.6. The van der Waals surface area contributed by atoms with Gasteiger partial charge < -0.3 is 19.9 Å². The van der Waals surface area contributed by atoms with Crippen LogP contribution in [0.1, 0.15) is 41.2 Å². The average molecular weight is 458 g/mol. The molecule has 2 N–H and O–H groups in total. The van der Waals surface area contributed by atoms with Crippen molar-refractivity contribution in [1.82, 2.24) is 5.32 Å². The Morgan fingerprint density at radius 3 is 2.58 bits per heavy atom. The van der Waals surface area contributed by atoms with Crippen LogP contribution in [0.2, 0.25) is 0 Å². The number of thiocarbonyl (C=S) groups is 1. The molecule has 0 aliphatic carbocycles. The molecule has 2 heterocycles. The van der Waals surface area contributed by atoms with Crippen LogP contribution in [0.5, 0.6) is 17.2 Å². The molecule has 1 amide bonds. The summed E-state index contributed by atoms with van der Waals surface area (Å²) in [4.78, 5) is 11.9. The zero-order valence-electron chi connectivity index (χ0n) is 18.2. The van der Waals surface area contributed by atoms with Crippen molar-refractivity contribution in [2.45, 2.75) is 57.8 Å². The predicted octanol–water partition coefficient (Wildman–Crippen LogP) is 4.54. The van der Waals surface area contributed by atoms with Crippen LogP contribution in [0, 0.1) is 20.8 Å². The fraction of sp³-hybridized carbons (Fsp3) is 0.417. The predicted molar refractivity (Wildman–Crippen MR) is 127 cm³/mol. The zero-order valence-corrected chi connectivity index (χ0v) is 19.8. The van der Waals surface area contributed by atoms with E-state index in [9.17, 15) is 9.90 Å². The van der Waals surface area contributed by atoms with Gasteiger partial charge in [0.2, 0.25) is 5.91 Å². The third-order valence-electron chi connectivity index (χ3n) is 6.25. The number of hydrogen-bond acceptors (Lipinski definition) is 6. The summed E-state index contributed by atoms with van der Waals surface area (Å²) in [5, 5.41) is 12.9. The smallest absolute Gasteiger partial charge is 0.239 e. The van der Waals surface area contributed by atoms with Crippen LogP contribution in [0.25, 0.3) is 0 Å². The molecule has 0 radical (unpaired) electrons. The van der Waals surface area contributed by atoms with Crippen molar-refractivity contribution in [2.75, 3.05) is 6.61 Å². The first-order chi connectivity index (χ1) is 14.7. The second-order valence-electron chi connectivity index (χ2n) is 8.60. The number of hydrogen-bond donors (Lipinski definition) is 2. The standard InChI is InChI=1S/C24H27NO4S2/c1-13-14(2)21-18(15(3)20(13)26)9-10-24(4,29-21)12-28-17-7-5-16(6-8-17)11-19-22(27)25-23(30)31-19/h5-8,19,26H,9-12H2,1-4H3,(H,25,27,30). The van der Waals surface area contributed by atoms with Crippen molar-refractivity contribution in [3.05, 3.63) is 52.1 Å². The van der Waals surface area contributed by atoms with Gasteiger partial charge in [0.15, 0.2) is 0 Å². The monoisotopic (exact) mass is 457 g/mol. The van der Waals surface area contributed by atoms with Crippen LogP contribution in [-0.4, -0.2) is 32.8 Å². The van der Waals surface area contributed by atoms with E-state index in [1.165, 1.54) is 11.8 Å². The Labute approximate surface area is 192 Å². The largest absolute Gasteiger partial charge is 0.507 e. The van der Waals surface area contributed by atoms with E-state index in [0.29, 0.717) is 23.1 Å². The molecule has 31 heavy (non-hydrogen) atoms. The number of amides is 1. The summed E-state index contributed by atoms with van der Waals surface area (Å²) in [5.41, 5.74) is 4.48. The van der Waals surface area contributed by atoms with Crippen LogP contribution < -0.4 is 14.8 Å². The number of phenolic OH excluding ortho intramolecular Hbond substituents is 1. The maximum absolute atomic E-state index is 11.9. The molecule has 2 aromatic carbocycles. The van der Waals surface area contributed by atoms with Gasteiger partial charge in [0.25, 0.3) is 0 Å². The highest BCUT2D eigenvalue weighted by Crippen LogP contribution is 2.43. The number of fused-ring (bicyclic) bond motifs is 1. The van der Waals surface area contributed by atoms with Gasteiger partial charge in [0.05, 0.1) is 5.25 Å². The quantitative estimate of drug-likeness (QED) is 0.643. The molecular weight excluding hydrogens is 430 g/mol. The summed E-state index contributed by atoms with van der Waals surface area (Å²) in [6.07, 6.45) is 2.30. The van der Waals surface area contributed by atoms with E-state index in [1.54, 1.807) is 0 Å². The zero-order chi connectivity index (χ0) is 22.3. The van der Waals surface area contributed by atoms with Crippen molar-refractivity contribution in [1.29, 1.82) is 0 Å². The summed E-state index contributed by atoms with van der Waals surface area (Å²) in [5.74, 6) is 2.00.